The molecular formula is C13H18ClN5O. The van der Waals surface area contributed by atoms with Crippen LogP contribution in [0.1, 0.15) is 12.7 Å². The van der Waals surface area contributed by atoms with E-state index in [1.807, 2.05) is 26.1 Å². The van der Waals surface area contributed by atoms with Crippen LogP contribution in [-0.2, 0) is 13.5 Å². The van der Waals surface area contributed by atoms with Gasteiger partial charge in [0.15, 0.2) is 0 Å². The predicted molar refractivity (Wildman–Crippen MR) is 77.4 cm³/mol. The summed E-state index contributed by atoms with van der Waals surface area (Å²) in [7, 11) is 1.85. The molecule has 2 aromatic rings. The molecule has 0 aliphatic rings. The number of rotatable bonds is 6. The maximum absolute atomic E-state index is 5.94. The molecule has 2 atom stereocenters. The van der Waals surface area contributed by atoms with Gasteiger partial charge in [-0.1, -0.05) is 17.7 Å². The molecular weight excluding hydrogens is 278 g/mol. The lowest BCUT2D eigenvalue weighted by molar-refractivity contribution is 0.168. The van der Waals surface area contributed by atoms with E-state index in [1.165, 1.54) is 6.33 Å². The summed E-state index contributed by atoms with van der Waals surface area (Å²) in [5, 5.41) is 4.68. The molecule has 0 fully saturated rings. The van der Waals surface area contributed by atoms with E-state index in [-0.39, 0.29) is 12.1 Å². The zero-order valence-corrected chi connectivity index (χ0v) is 12.2. The number of aryl methyl sites for hydroxylation is 1. The fraction of sp³-hybridized carbons (Fsp3) is 0.385. The Morgan fingerprint density at radius 2 is 2.30 bits per heavy atom. The van der Waals surface area contributed by atoms with Crippen molar-refractivity contribution in [1.82, 2.24) is 20.2 Å². The van der Waals surface area contributed by atoms with E-state index in [4.69, 9.17) is 22.2 Å². The van der Waals surface area contributed by atoms with Crippen molar-refractivity contribution in [3.05, 3.63) is 41.4 Å². The minimum atomic E-state index is -0.143. The van der Waals surface area contributed by atoms with Crippen molar-refractivity contribution in [3.63, 3.8) is 0 Å². The van der Waals surface area contributed by atoms with E-state index < -0.39 is 0 Å². The molecule has 0 aliphatic carbocycles. The molecule has 1 aromatic carbocycles. The molecule has 108 valence electrons. The van der Waals surface area contributed by atoms with Gasteiger partial charge in [-0.25, -0.2) is 4.98 Å². The van der Waals surface area contributed by atoms with Gasteiger partial charge in [-0.05, 0) is 25.1 Å². The molecule has 0 spiro atoms. The number of nitrogens with zero attached hydrogens (tertiary/aromatic N) is 3. The highest BCUT2D eigenvalue weighted by Gasteiger charge is 2.20. The minimum Gasteiger partial charge on any atom is -0.489 e. The quantitative estimate of drug-likeness (QED) is 0.620. The highest BCUT2D eigenvalue weighted by Crippen LogP contribution is 2.19. The number of hydrazine groups is 1. The van der Waals surface area contributed by atoms with Crippen LogP contribution in [-0.4, -0.2) is 26.9 Å². The molecule has 20 heavy (non-hydrogen) atoms. The third-order valence-electron chi connectivity index (χ3n) is 3.11. The van der Waals surface area contributed by atoms with Gasteiger partial charge >= 0.3 is 0 Å². The second-order valence-electron chi connectivity index (χ2n) is 4.56. The van der Waals surface area contributed by atoms with E-state index in [0.29, 0.717) is 17.2 Å². The number of benzene rings is 1. The van der Waals surface area contributed by atoms with Crippen molar-refractivity contribution < 1.29 is 4.74 Å². The van der Waals surface area contributed by atoms with Gasteiger partial charge in [-0.3, -0.25) is 16.0 Å². The van der Waals surface area contributed by atoms with Crippen LogP contribution in [0.2, 0.25) is 5.02 Å². The second kappa shape index (κ2) is 6.69. The van der Waals surface area contributed by atoms with Gasteiger partial charge in [0.2, 0.25) is 0 Å². The Balaban J connectivity index is 2.02. The SMILES string of the molecule is CC(Oc1cccc(Cl)c1)C(Cc1ncnn1C)NN. The first kappa shape index (κ1) is 14.8. The molecule has 2 unspecified atom stereocenters. The highest BCUT2D eigenvalue weighted by atomic mass is 35.5. The number of nitrogens with two attached hydrogens (primary N) is 1. The van der Waals surface area contributed by atoms with Crippen LogP contribution in [0.5, 0.6) is 5.75 Å². The molecule has 0 amide bonds. The maximum atomic E-state index is 5.94. The van der Waals surface area contributed by atoms with Crippen LogP contribution in [0.3, 0.4) is 0 Å². The average Bonchev–Trinajstić information content (AvgIpc) is 2.81. The Bertz CT molecular complexity index is 559. The molecule has 1 heterocycles. The van der Waals surface area contributed by atoms with Crippen molar-refractivity contribution in [2.75, 3.05) is 0 Å². The predicted octanol–water partition coefficient (Wildman–Crippen LogP) is 1.31. The van der Waals surface area contributed by atoms with Crippen LogP contribution >= 0.6 is 11.6 Å². The number of hydrogen-bond donors (Lipinski definition) is 2. The Morgan fingerprint density at radius 3 is 2.90 bits per heavy atom. The Morgan fingerprint density at radius 1 is 1.50 bits per heavy atom. The number of nitrogens with one attached hydrogen (secondary N) is 1. The smallest absolute Gasteiger partial charge is 0.138 e. The third-order valence-corrected chi connectivity index (χ3v) is 3.34. The summed E-state index contributed by atoms with van der Waals surface area (Å²) in [5.74, 6) is 7.16. The minimum absolute atomic E-state index is 0.0862. The first-order chi connectivity index (χ1) is 9.60. The number of hydrogen-bond acceptors (Lipinski definition) is 5. The summed E-state index contributed by atoms with van der Waals surface area (Å²) in [6.45, 7) is 1.95. The molecule has 3 N–H and O–H groups in total. The van der Waals surface area contributed by atoms with Crippen LogP contribution in [0.15, 0.2) is 30.6 Å². The van der Waals surface area contributed by atoms with Gasteiger partial charge in [0.25, 0.3) is 0 Å². The van der Waals surface area contributed by atoms with Gasteiger partial charge in [-0.2, -0.15) is 5.10 Å². The maximum Gasteiger partial charge on any atom is 0.138 e. The largest absolute Gasteiger partial charge is 0.489 e. The van der Waals surface area contributed by atoms with Crippen molar-refractivity contribution in [1.29, 1.82) is 0 Å². The molecule has 0 radical (unpaired) electrons. The highest BCUT2D eigenvalue weighted by molar-refractivity contribution is 6.30. The zero-order valence-electron chi connectivity index (χ0n) is 11.5. The van der Waals surface area contributed by atoms with Crippen LogP contribution in [0.4, 0.5) is 0 Å². The van der Waals surface area contributed by atoms with Crippen molar-refractivity contribution in [2.24, 2.45) is 12.9 Å². The van der Waals surface area contributed by atoms with Gasteiger partial charge in [0, 0.05) is 18.5 Å². The van der Waals surface area contributed by atoms with E-state index in [9.17, 15) is 0 Å². The van der Waals surface area contributed by atoms with Gasteiger partial charge in [0.05, 0.1) is 6.04 Å². The molecule has 6 nitrogen and oxygen atoms in total. The van der Waals surface area contributed by atoms with Crippen molar-refractivity contribution >= 4 is 11.6 Å². The number of aromatic nitrogens is 3. The Kier molecular flexibility index (Phi) is 4.94. The molecule has 1 aromatic heterocycles. The Hall–Kier alpha value is -1.63. The third kappa shape index (κ3) is 3.69. The first-order valence-corrected chi connectivity index (χ1v) is 6.69. The van der Waals surface area contributed by atoms with Gasteiger partial charge < -0.3 is 4.74 Å². The van der Waals surface area contributed by atoms with Gasteiger partial charge in [0.1, 0.15) is 24.0 Å². The molecule has 0 aliphatic heterocycles. The lowest BCUT2D eigenvalue weighted by atomic mass is 10.1. The molecule has 2 rings (SSSR count). The summed E-state index contributed by atoms with van der Waals surface area (Å²) >= 11 is 5.94. The summed E-state index contributed by atoms with van der Waals surface area (Å²) in [6.07, 6.45) is 2.00. The molecule has 0 saturated carbocycles. The van der Waals surface area contributed by atoms with E-state index >= 15 is 0 Å². The Labute approximate surface area is 122 Å². The van der Waals surface area contributed by atoms with E-state index in [2.05, 4.69) is 15.5 Å². The monoisotopic (exact) mass is 295 g/mol. The summed E-state index contributed by atoms with van der Waals surface area (Å²) in [5.41, 5.74) is 2.76. The number of halogens is 1. The van der Waals surface area contributed by atoms with E-state index in [0.717, 1.165) is 5.82 Å². The van der Waals surface area contributed by atoms with Crippen LogP contribution in [0, 0.1) is 0 Å². The molecule has 0 bridgehead atoms. The molecule has 0 saturated heterocycles. The standard InChI is InChI=1S/C13H18ClN5O/c1-9(20-11-5-3-4-10(14)6-11)12(18-15)7-13-16-8-17-19(13)2/h3-6,8-9,12,18H,7,15H2,1-2H3. The van der Waals surface area contributed by atoms with Crippen molar-refractivity contribution in [2.45, 2.75) is 25.5 Å². The molecule has 7 heteroatoms. The topological polar surface area (TPSA) is 78.0 Å². The number of ether oxygens (including phenoxy) is 1. The fourth-order valence-corrected chi connectivity index (χ4v) is 2.08. The summed E-state index contributed by atoms with van der Waals surface area (Å²) in [4.78, 5) is 4.19. The summed E-state index contributed by atoms with van der Waals surface area (Å²) in [6, 6.07) is 7.19. The second-order valence-corrected chi connectivity index (χ2v) is 4.99. The zero-order chi connectivity index (χ0) is 14.5. The fourth-order valence-electron chi connectivity index (χ4n) is 1.90. The van der Waals surface area contributed by atoms with Crippen LogP contribution in [0.25, 0.3) is 0 Å². The van der Waals surface area contributed by atoms with Crippen molar-refractivity contribution in [3.8, 4) is 5.75 Å². The van der Waals surface area contributed by atoms with E-state index in [1.54, 1.807) is 16.8 Å². The lowest BCUT2D eigenvalue weighted by Crippen LogP contribution is -2.47. The normalized spacial score (nSPS) is 14.0. The summed E-state index contributed by atoms with van der Waals surface area (Å²) < 4.78 is 7.57. The average molecular weight is 296 g/mol. The lowest BCUT2D eigenvalue weighted by Gasteiger charge is -2.24. The first-order valence-electron chi connectivity index (χ1n) is 6.31. The van der Waals surface area contributed by atoms with Gasteiger partial charge in [-0.15, -0.1) is 0 Å². The van der Waals surface area contributed by atoms with Crippen LogP contribution < -0.4 is 16.0 Å².